The number of nitrogens with zero attached hydrogens (tertiary/aromatic N) is 1. The van der Waals surface area contributed by atoms with E-state index >= 15 is 0 Å². The van der Waals surface area contributed by atoms with E-state index in [-0.39, 0.29) is 0 Å². The summed E-state index contributed by atoms with van der Waals surface area (Å²) in [6, 6.07) is 5.06. The highest BCUT2D eigenvalue weighted by Crippen LogP contribution is 2.22. The fourth-order valence-corrected chi connectivity index (χ4v) is 2.05. The number of benzene rings is 1. The maximum absolute atomic E-state index is 10.5. The third-order valence-electron chi connectivity index (χ3n) is 3.28. The van der Waals surface area contributed by atoms with Crippen LogP contribution in [-0.2, 0) is 4.79 Å². The van der Waals surface area contributed by atoms with Gasteiger partial charge in [0.2, 0.25) is 0 Å². The van der Waals surface area contributed by atoms with Crippen molar-refractivity contribution >= 4 is 17.6 Å². The van der Waals surface area contributed by atoms with E-state index < -0.39 is 12.1 Å². The lowest BCUT2D eigenvalue weighted by Crippen LogP contribution is -2.24. The van der Waals surface area contributed by atoms with Gasteiger partial charge in [0.05, 0.1) is 0 Å². The van der Waals surface area contributed by atoms with Crippen molar-refractivity contribution in [2.24, 2.45) is 11.5 Å². The maximum Gasteiger partial charge on any atom is 0.344 e. The second-order valence-electron chi connectivity index (χ2n) is 5.60. The summed E-state index contributed by atoms with van der Waals surface area (Å²) in [6.07, 6.45) is 1.32. The zero-order valence-corrected chi connectivity index (χ0v) is 15.6. The van der Waals surface area contributed by atoms with Gasteiger partial charge in [-0.2, -0.15) is 0 Å². The highest BCUT2D eigenvalue weighted by Gasteiger charge is 2.13. The Bertz CT molecular complexity index is 478. The number of aryl methyl sites for hydroxylation is 1. The van der Waals surface area contributed by atoms with Crippen LogP contribution in [0.25, 0.3) is 0 Å². The van der Waals surface area contributed by atoms with E-state index in [2.05, 4.69) is 11.9 Å². The van der Waals surface area contributed by atoms with E-state index in [9.17, 15) is 4.79 Å². The molecule has 1 aromatic rings. The molecule has 0 aromatic heterocycles. The summed E-state index contributed by atoms with van der Waals surface area (Å²) in [7, 11) is 2.10. The van der Waals surface area contributed by atoms with E-state index in [4.69, 9.17) is 32.9 Å². The van der Waals surface area contributed by atoms with Gasteiger partial charge in [0.1, 0.15) is 5.75 Å². The molecule has 7 heteroatoms. The normalized spacial score (nSPS) is 11.6. The summed E-state index contributed by atoms with van der Waals surface area (Å²) in [5.41, 5.74) is 11.5. The molecule has 6 nitrogen and oxygen atoms in total. The molecule has 0 fully saturated rings. The van der Waals surface area contributed by atoms with Crippen LogP contribution in [0, 0.1) is 6.92 Å². The predicted octanol–water partition coefficient (Wildman–Crippen LogP) is 2.12. The second-order valence-corrected chi connectivity index (χ2v) is 6.03. The molecule has 0 aliphatic heterocycles. The molecule has 0 amide bonds. The van der Waals surface area contributed by atoms with Crippen LogP contribution >= 0.6 is 11.6 Å². The van der Waals surface area contributed by atoms with Gasteiger partial charge in [0, 0.05) is 5.02 Å². The molecule has 24 heavy (non-hydrogen) atoms. The Morgan fingerprint density at radius 1 is 1.29 bits per heavy atom. The number of hydrogen-bond acceptors (Lipinski definition) is 5. The van der Waals surface area contributed by atoms with E-state index in [0.29, 0.717) is 10.8 Å². The second kappa shape index (κ2) is 13.0. The third-order valence-corrected chi connectivity index (χ3v) is 3.51. The summed E-state index contributed by atoms with van der Waals surface area (Å²) in [5.74, 6) is -0.441. The lowest BCUT2D eigenvalue weighted by atomic mass is 10.2. The summed E-state index contributed by atoms with van der Waals surface area (Å²) in [6.45, 7) is 7.05. The van der Waals surface area contributed by atoms with Gasteiger partial charge in [-0.3, -0.25) is 0 Å². The summed E-state index contributed by atoms with van der Waals surface area (Å²) >= 11 is 5.74. The van der Waals surface area contributed by atoms with Gasteiger partial charge in [-0.05, 0) is 83.7 Å². The number of halogens is 1. The molecule has 0 aliphatic rings. The zero-order valence-electron chi connectivity index (χ0n) is 14.8. The van der Waals surface area contributed by atoms with Crippen molar-refractivity contribution in [2.75, 3.05) is 33.2 Å². The monoisotopic (exact) mass is 359 g/mol. The van der Waals surface area contributed by atoms with Crippen molar-refractivity contribution in [3.05, 3.63) is 28.8 Å². The van der Waals surface area contributed by atoms with Crippen LogP contribution in [0.4, 0.5) is 0 Å². The average Bonchev–Trinajstić information content (AvgIpc) is 2.53. The smallest absolute Gasteiger partial charge is 0.344 e. The van der Waals surface area contributed by atoms with Gasteiger partial charge in [-0.25, -0.2) is 4.79 Å². The fourth-order valence-electron chi connectivity index (χ4n) is 1.82. The molecule has 0 saturated carbocycles. The number of hydrogen-bond donors (Lipinski definition) is 3. The number of ether oxygens (including phenoxy) is 1. The molecule has 0 aliphatic carbocycles. The number of nitrogens with two attached hydrogens (primary N) is 2. The highest BCUT2D eigenvalue weighted by atomic mass is 35.5. The molecule has 1 unspecified atom stereocenters. The predicted molar refractivity (Wildman–Crippen MR) is 98.8 cm³/mol. The summed E-state index contributed by atoms with van der Waals surface area (Å²) < 4.78 is 5.20. The molecule has 1 rings (SSSR count). The molecule has 1 aromatic carbocycles. The molecule has 0 saturated heterocycles. The highest BCUT2D eigenvalue weighted by molar-refractivity contribution is 6.30. The first-order valence-electron chi connectivity index (χ1n) is 8.06. The van der Waals surface area contributed by atoms with Gasteiger partial charge in [0.15, 0.2) is 6.10 Å². The zero-order chi connectivity index (χ0) is 18.5. The van der Waals surface area contributed by atoms with Gasteiger partial charge in [0.25, 0.3) is 0 Å². The third kappa shape index (κ3) is 10.4. The van der Waals surface area contributed by atoms with Crippen LogP contribution < -0.4 is 16.2 Å². The van der Waals surface area contributed by atoms with Crippen LogP contribution in [0.5, 0.6) is 5.75 Å². The maximum atomic E-state index is 10.5. The van der Waals surface area contributed by atoms with E-state index in [1.807, 2.05) is 6.92 Å². The summed E-state index contributed by atoms with van der Waals surface area (Å²) in [5, 5.41) is 9.25. The minimum absolute atomic E-state index is 0.546. The van der Waals surface area contributed by atoms with Crippen LogP contribution in [0.2, 0.25) is 5.02 Å². The molecule has 138 valence electrons. The van der Waals surface area contributed by atoms with Crippen molar-refractivity contribution in [1.29, 1.82) is 0 Å². The molecule has 0 bridgehead atoms. The van der Waals surface area contributed by atoms with Gasteiger partial charge in [-0.1, -0.05) is 11.6 Å². The molecule has 0 heterocycles. The van der Waals surface area contributed by atoms with Crippen LogP contribution in [0.1, 0.15) is 25.3 Å². The standard InChI is InChI=1S/C10H11ClO3.C7H19N3/c1-6-5-8(11)3-4-9(6)14-7(2)10(12)13;1-10(6-2-4-8)7-3-5-9/h3-5,7H,1-2H3,(H,12,13);2-9H2,1H3. The first-order valence-corrected chi connectivity index (χ1v) is 8.43. The van der Waals surface area contributed by atoms with Crippen molar-refractivity contribution < 1.29 is 14.6 Å². The van der Waals surface area contributed by atoms with Crippen LogP contribution in [0.15, 0.2) is 18.2 Å². The average molecular weight is 360 g/mol. The Morgan fingerprint density at radius 2 is 1.83 bits per heavy atom. The van der Waals surface area contributed by atoms with Crippen molar-refractivity contribution in [1.82, 2.24) is 4.90 Å². The topological polar surface area (TPSA) is 102 Å². The van der Waals surface area contributed by atoms with Gasteiger partial charge < -0.3 is 26.2 Å². The number of aliphatic carboxylic acids is 1. The Labute approximate surface area is 149 Å². The fraction of sp³-hybridized carbons (Fsp3) is 0.588. The van der Waals surface area contributed by atoms with Crippen molar-refractivity contribution in [2.45, 2.75) is 32.8 Å². The minimum atomic E-state index is -0.987. The number of carbonyl (C=O) groups is 1. The lowest BCUT2D eigenvalue weighted by molar-refractivity contribution is -0.144. The molecular formula is C17H30ClN3O3. The number of carboxylic acids is 1. The SMILES string of the molecule is CN(CCCN)CCCN.Cc1cc(Cl)ccc1OC(C)C(=O)O. The molecule has 1 atom stereocenters. The largest absolute Gasteiger partial charge is 0.479 e. The Kier molecular flexibility index (Phi) is 12.3. The minimum Gasteiger partial charge on any atom is -0.479 e. The molecule has 5 N–H and O–H groups in total. The number of carboxylic acid groups (broad SMARTS) is 1. The van der Waals surface area contributed by atoms with Crippen LogP contribution in [0.3, 0.4) is 0 Å². The quantitative estimate of drug-likeness (QED) is 0.624. The Balaban J connectivity index is 0.000000470. The van der Waals surface area contributed by atoms with E-state index in [1.165, 1.54) is 6.92 Å². The molecule has 0 spiro atoms. The first kappa shape index (κ1) is 22.7. The Hall–Kier alpha value is -1.34. The first-order chi connectivity index (χ1) is 11.3. The molecular weight excluding hydrogens is 330 g/mol. The van der Waals surface area contributed by atoms with E-state index in [1.54, 1.807) is 18.2 Å². The molecule has 0 radical (unpaired) electrons. The summed E-state index contributed by atoms with van der Waals surface area (Å²) in [4.78, 5) is 12.8. The lowest BCUT2D eigenvalue weighted by Gasteiger charge is -2.14. The Morgan fingerprint density at radius 3 is 2.25 bits per heavy atom. The van der Waals surface area contributed by atoms with Crippen molar-refractivity contribution in [3.63, 3.8) is 0 Å². The van der Waals surface area contributed by atoms with Crippen LogP contribution in [-0.4, -0.2) is 55.3 Å². The van der Waals surface area contributed by atoms with Gasteiger partial charge >= 0.3 is 5.97 Å². The van der Waals surface area contributed by atoms with E-state index in [0.717, 1.165) is 44.6 Å². The van der Waals surface area contributed by atoms with Crippen molar-refractivity contribution in [3.8, 4) is 5.75 Å². The van der Waals surface area contributed by atoms with Gasteiger partial charge in [-0.15, -0.1) is 0 Å². The number of rotatable bonds is 9.